The summed E-state index contributed by atoms with van der Waals surface area (Å²) >= 11 is 0. The van der Waals surface area contributed by atoms with Crippen LogP contribution in [0.3, 0.4) is 0 Å². The molecule has 11 heavy (non-hydrogen) atoms. The molecule has 0 aliphatic rings. The highest BCUT2D eigenvalue weighted by molar-refractivity contribution is 5.38. The Labute approximate surface area is 67.1 Å². The molecule has 0 atom stereocenters. The third-order valence-electron chi connectivity index (χ3n) is 1.82. The molecule has 0 aromatic carbocycles. The highest BCUT2D eigenvalue weighted by atomic mass is 16.6. The molecule has 0 spiro atoms. The second-order valence-corrected chi connectivity index (χ2v) is 3.28. The number of rotatable bonds is 3. The van der Waals surface area contributed by atoms with Crippen LogP contribution in [0.15, 0.2) is 0 Å². The standard InChI is InChI=1S/C7H14O3.H3N/c1-6(2,9)7(3,4)10-5-8;/h5,9H,1-4H3;1H3. The predicted octanol–water partition coefficient (Wildman–Crippen LogP) is 0.871. The third kappa shape index (κ3) is 3.34. The highest BCUT2D eigenvalue weighted by Gasteiger charge is 2.36. The van der Waals surface area contributed by atoms with E-state index in [1.165, 1.54) is 0 Å². The van der Waals surface area contributed by atoms with Crippen molar-refractivity contribution in [1.29, 1.82) is 0 Å². The van der Waals surface area contributed by atoms with Gasteiger partial charge in [0.25, 0.3) is 6.47 Å². The molecule has 0 fully saturated rings. The SMILES string of the molecule is CC(C)(O)C(C)(C)OC=O.N. The smallest absolute Gasteiger partial charge is 0.293 e. The Kier molecular flexibility index (Phi) is 4.36. The van der Waals surface area contributed by atoms with Gasteiger partial charge in [-0.3, -0.25) is 4.79 Å². The minimum Gasteiger partial charge on any atom is -0.459 e. The van der Waals surface area contributed by atoms with Gasteiger partial charge in [0.15, 0.2) is 0 Å². The maximum absolute atomic E-state index is 9.93. The zero-order valence-corrected chi connectivity index (χ0v) is 7.55. The largest absolute Gasteiger partial charge is 0.459 e. The monoisotopic (exact) mass is 163 g/mol. The molecule has 0 aromatic heterocycles. The van der Waals surface area contributed by atoms with Crippen LogP contribution >= 0.6 is 0 Å². The lowest BCUT2D eigenvalue weighted by Crippen LogP contribution is -2.46. The van der Waals surface area contributed by atoms with Crippen molar-refractivity contribution in [3.63, 3.8) is 0 Å². The van der Waals surface area contributed by atoms with Crippen molar-refractivity contribution >= 4 is 6.47 Å². The molecule has 0 saturated carbocycles. The van der Waals surface area contributed by atoms with E-state index in [0.29, 0.717) is 6.47 Å². The molecule has 0 heterocycles. The van der Waals surface area contributed by atoms with Crippen LogP contribution in [-0.4, -0.2) is 22.8 Å². The van der Waals surface area contributed by atoms with E-state index in [2.05, 4.69) is 4.74 Å². The summed E-state index contributed by atoms with van der Waals surface area (Å²) < 4.78 is 4.66. The molecule has 68 valence electrons. The fraction of sp³-hybridized carbons (Fsp3) is 0.857. The average molecular weight is 163 g/mol. The van der Waals surface area contributed by atoms with Gasteiger partial charge in [0, 0.05) is 0 Å². The lowest BCUT2D eigenvalue weighted by molar-refractivity contribution is -0.165. The van der Waals surface area contributed by atoms with Crippen LogP contribution < -0.4 is 6.15 Å². The minimum atomic E-state index is -1.01. The van der Waals surface area contributed by atoms with Gasteiger partial charge in [-0.05, 0) is 27.7 Å². The molecule has 0 aliphatic heterocycles. The van der Waals surface area contributed by atoms with E-state index in [4.69, 9.17) is 0 Å². The quantitative estimate of drug-likeness (QED) is 0.605. The van der Waals surface area contributed by atoms with Gasteiger partial charge in [-0.25, -0.2) is 0 Å². The molecule has 0 unspecified atom stereocenters. The fourth-order valence-corrected chi connectivity index (χ4v) is 0.264. The number of hydrogen-bond acceptors (Lipinski definition) is 4. The first-order valence-corrected chi connectivity index (χ1v) is 3.15. The number of hydrogen-bond donors (Lipinski definition) is 2. The third-order valence-corrected chi connectivity index (χ3v) is 1.82. The van der Waals surface area contributed by atoms with Gasteiger partial charge in [-0.15, -0.1) is 0 Å². The summed E-state index contributed by atoms with van der Waals surface area (Å²) in [5, 5.41) is 9.39. The molecule has 0 bridgehead atoms. The van der Waals surface area contributed by atoms with Gasteiger partial charge in [-0.2, -0.15) is 0 Å². The maximum Gasteiger partial charge on any atom is 0.293 e. The molecule has 4 nitrogen and oxygen atoms in total. The Hall–Kier alpha value is -0.610. The molecular weight excluding hydrogens is 146 g/mol. The molecular formula is C7H17NO3. The average Bonchev–Trinajstić information content (AvgIpc) is 1.61. The molecule has 0 rings (SSSR count). The van der Waals surface area contributed by atoms with Crippen LogP contribution in [0.5, 0.6) is 0 Å². The van der Waals surface area contributed by atoms with Crippen molar-refractivity contribution in [3.05, 3.63) is 0 Å². The second kappa shape index (κ2) is 3.69. The van der Waals surface area contributed by atoms with E-state index in [9.17, 15) is 9.90 Å². The Balaban J connectivity index is 0. The van der Waals surface area contributed by atoms with Crippen molar-refractivity contribution < 1.29 is 14.6 Å². The Morgan fingerprint density at radius 3 is 1.73 bits per heavy atom. The van der Waals surface area contributed by atoms with E-state index in [1.807, 2.05) is 0 Å². The van der Waals surface area contributed by atoms with Crippen molar-refractivity contribution in [2.45, 2.75) is 38.9 Å². The first-order valence-electron chi connectivity index (χ1n) is 3.15. The predicted molar refractivity (Wildman–Crippen MR) is 42.5 cm³/mol. The summed E-state index contributed by atoms with van der Waals surface area (Å²) in [6.45, 7) is 6.84. The lowest BCUT2D eigenvalue weighted by Gasteiger charge is -2.34. The molecule has 0 aliphatic carbocycles. The van der Waals surface area contributed by atoms with Crippen LogP contribution in [0.2, 0.25) is 0 Å². The van der Waals surface area contributed by atoms with Crippen molar-refractivity contribution in [2.24, 2.45) is 0 Å². The number of aliphatic hydroxyl groups is 1. The van der Waals surface area contributed by atoms with Gasteiger partial charge in [0.05, 0.1) is 5.60 Å². The Morgan fingerprint density at radius 1 is 1.27 bits per heavy atom. The Bertz CT molecular complexity index is 126. The van der Waals surface area contributed by atoms with E-state index in [0.717, 1.165) is 0 Å². The van der Waals surface area contributed by atoms with Gasteiger partial charge < -0.3 is 16.0 Å². The van der Waals surface area contributed by atoms with Gasteiger partial charge >= 0.3 is 0 Å². The summed E-state index contributed by atoms with van der Waals surface area (Å²) in [7, 11) is 0. The zero-order valence-electron chi connectivity index (χ0n) is 7.55. The second-order valence-electron chi connectivity index (χ2n) is 3.28. The van der Waals surface area contributed by atoms with Gasteiger partial charge in [0.2, 0.25) is 0 Å². The van der Waals surface area contributed by atoms with E-state index in [1.54, 1.807) is 27.7 Å². The van der Waals surface area contributed by atoms with Crippen molar-refractivity contribution in [2.75, 3.05) is 0 Å². The highest BCUT2D eigenvalue weighted by Crippen LogP contribution is 2.23. The molecule has 0 aromatic rings. The molecule has 4 N–H and O–H groups in total. The topological polar surface area (TPSA) is 81.5 Å². The van der Waals surface area contributed by atoms with E-state index < -0.39 is 11.2 Å². The van der Waals surface area contributed by atoms with Crippen LogP contribution in [0.4, 0.5) is 0 Å². The summed E-state index contributed by atoms with van der Waals surface area (Å²) in [5.74, 6) is 0. The van der Waals surface area contributed by atoms with Crippen LogP contribution in [0.25, 0.3) is 0 Å². The number of ether oxygens (including phenoxy) is 1. The van der Waals surface area contributed by atoms with Crippen molar-refractivity contribution in [1.82, 2.24) is 6.15 Å². The van der Waals surface area contributed by atoms with E-state index >= 15 is 0 Å². The van der Waals surface area contributed by atoms with E-state index in [-0.39, 0.29) is 6.15 Å². The first kappa shape index (κ1) is 13.0. The van der Waals surface area contributed by atoms with Gasteiger partial charge in [-0.1, -0.05) is 0 Å². The van der Waals surface area contributed by atoms with Crippen LogP contribution in [0, 0.1) is 0 Å². The fourth-order valence-electron chi connectivity index (χ4n) is 0.264. The summed E-state index contributed by atoms with van der Waals surface area (Å²) in [6.07, 6.45) is 0. The maximum atomic E-state index is 9.93. The first-order chi connectivity index (χ1) is 4.31. The molecule has 0 amide bonds. The number of carbonyl (C=O) groups excluding carboxylic acids is 1. The zero-order chi connectivity index (χ0) is 8.41. The lowest BCUT2D eigenvalue weighted by atomic mass is 9.90. The van der Waals surface area contributed by atoms with Crippen LogP contribution in [-0.2, 0) is 9.53 Å². The van der Waals surface area contributed by atoms with Crippen molar-refractivity contribution in [3.8, 4) is 0 Å². The van der Waals surface area contributed by atoms with Gasteiger partial charge in [0.1, 0.15) is 5.60 Å². The summed E-state index contributed by atoms with van der Waals surface area (Å²) in [4.78, 5) is 9.93. The molecule has 0 radical (unpaired) electrons. The van der Waals surface area contributed by atoms with Crippen LogP contribution in [0.1, 0.15) is 27.7 Å². The molecule has 4 heteroatoms. The summed E-state index contributed by atoms with van der Waals surface area (Å²) in [6, 6.07) is 0. The number of carbonyl (C=O) groups is 1. The Morgan fingerprint density at radius 2 is 1.64 bits per heavy atom. The molecule has 0 saturated heterocycles. The normalized spacial score (nSPS) is 11.7. The summed E-state index contributed by atoms with van der Waals surface area (Å²) in [5.41, 5.74) is -1.83. The minimum absolute atomic E-state index is 0.